The standard InChI is InChI=1S/C15H16N2O5/c1-21-13-9-12(22-17-13)15(20)16-11(7-8-14(18)19)10-5-3-2-4-6-10/h2-6,9,11H,7-8H2,1H3,(H,16,20)(H,18,19). The summed E-state index contributed by atoms with van der Waals surface area (Å²) in [5, 5.41) is 15.1. The molecule has 1 aromatic carbocycles. The molecule has 7 heteroatoms. The molecule has 0 fully saturated rings. The molecule has 0 aliphatic rings. The van der Waals surface area contributed by atoms with Crippen LogP contribution in [-0.4, -0.2) is 29.2 Å². The molecule has 0 aliphatic heterocycles. The minimum Gasteiger partial charge on any atom is -0.481 e. The molecule has 2 N–H and O–H groups in total. The number of carboxylic acids is 1. The lowest BCUT2D eigenvalue weighted by Crippen LogP contribution is -2.28. The number of carboxylic acid groups (broad SMARTS) is 1. The smallest absolute Gasteiger partial charge is 0.303 e. The first-order valence-electron chi connectivity index (χ1n) is 6.68. The Hall–Kier alpha value is -2.83. The van der Waals surface area contributed by atoms with Crippen molar-refractivity contribution in [1.82, 2.24) is 10.5 Å². The molecule has 0 radical (unpaired) electrons. The minimum absolute atomic E-state index is 0.00751. The van der Waals surface area contributed by atoms with Gasteiger partial charge in [-0.3, -0.25) is 9.59 Å². The molecule has 1 heterocycles. The average molecular weight is 304 g/mol. The van der Waals surface area contributed by atoms with Gasteiger partial charge in [0.25, 0.3) is 11.8 Å². The van der Waals surface area contributed by atoms with Crippen molar-refractivity contribution in [2.45, 2.75) is 18.9 Å². The van der Waals surface area contributed by atoms with E-state index in [1.165, 1.54) is 13.2 Å². The molecular formula is C15H16N2O5. The largest absolute Gasteiger partial charge is 0.481 e. The Balaban J connectivity index is 2.11. The van der Waals surface area contributed by atoms with Crippen molar-refractivity contribution in [3.8, 4) is 5.88 Å². The highest BCUT2D eigenvalue weighted by atomic mass is 16.5. The quantitative estimate of drug-likeness (QED) is 0.811. The maximum Gasteiger partial charge on any atom is 0.303 e. The van der Waals surface area contributed by atoms with Crippen molar-refractivity contribution in [3.05, 3.63) is 47.7 Å². The molecule has 2 aromatic rings. The Kier molecular flexibility index (Phi) is 5.13. The summed E-state index contributed by atoms with van der Waals surface area (Å²) in [6.45, 7) is 0. The average Bonchev–Trinajstić information content (AvgIpc) is 3.01. The minimum atomic E-state index is -0.920. The molecule has 7 nitrogen and oxygen atoms in total. The van der Waals surface area contributed by atoms with Crippen molar-refractivity contribution in [1.29, 1.82) is 0 Å². The van der Waals surface area contributed by atoms with E-state index in [2.05, 4.69) is 10.5 Å². The Morgan fingerprint density at radius 2 is 2.09 bits per heavy atom. The van der Waals surface area contributed by atoms with E-state index >= 15 is 0 Å². The number of hydrogen-bond acceptors (Lipinski definition) is 5. The van der Waals surface area contributed by atoms with Gasteiger partial charge in [0.2, 0.25) is 5.76 Å². The van der Waals surface area contributed by atoms with Crippen LogP contribution in [0.4, 0.5) is 0 Å². The summed E-state index contributed by atoms with van der Waals surface area (Å²) >= 11 is 0. The van der Waals surface area contributed by atoms with Crippen LogP contribution in [0.15, 0.2) is 40.9 Å². The maximum atomic E-state index is 12.2. The molecule has 1 aromatic heterocycles. The number of carbonyl (C=O) groups excluding carboxylic acids is 1. The highest BCUT2D eigenvalue weighted by Crippen LogP contribution is 2.20. The number of rotatable bonds is 7. The Bertz CT molecular complexity index is 638. The van der Waals surface area contributed by atoms with Crippen LogP contribution in [0.5, 0.6) is 5.88 Å². The van der Waals surface area contributed by atoms with Gasteiger partial charge >= 0.3 is 5.97 Å². The van der Waals surface area contributed by atoms with E-state index in [4.69, 9.17) is 14.4 Å². The molecule has 1 unspecified atom stereocenters. The number of carbonyl (C=O) groups is 2. The van der Waals surface area contributed by atoms with Gasteiger partial charge in [0.15, 0.2) is 0 Å². The van der Waals surface area contributed by atoms with E-state index in [1.807, 2.05) is 30.3 Å². The number of aromatic nitrogens is 1. The highest BCUT2D eigenvalue weighted by Gasteiger charge is 2.20. The summed E-state index contributed by atoms with van der Waals surface area (Å²) in [4.78, 5) is 22.9. The molecule has 0 saturated heterocycles. The summed E-state index contributed by atoms with van der Waals surface area (Å²) in [7, 11) is 1.42. The van der Waals surface area contributed by atoms with E-state index in [-0.39, 0.29) is 24.5 Å². The lowest BCUT2D eigenvalue weighted by molar-refractivity contribution is -0.137. The van der Waals surface area contributed by atoms with Crippen LogP contribution in [0.2, 0.25) is 0 Å². The van der Waals surface area contributed by atoms with Crippen LogP contribution >= 0.6 is 0 Å². The summed E-state index contributed by atoms with van der Waals surface area (Å²) in [5.74, 6) is -1.19. The molecular weight excluding hydrogens is 288 g/mol. The van der Waals surface area contributed by atoms with Gasteiger partial charge in [-0.25, -0.2) is 0 Å². The zero-order chi connectivity index (χ0) is 15.9. The van der Waals surface area contributed by atoms with Crippen molar-refractivity contribution in [3.63, 3.8) is 0 Å². The van der Waals surface area contributed by atoms with Crippen molar-refractivity contribution in [2.24, 2.45) is 0 Å². The van der Waals surface area contributed by atoms with Gasteiger partial charge in [0.1, 0.15) is 0 Å². The van der Waals surface area contributed by atoms with Gasteiger partial charge in [0.05, 0.1) is 19.2 Å². The van der Waals surface area contributed by atoms with Gasteiger partial charge in [-0.05, 0) is 17.1 Å². The van der Waals surface area contributed by atoms with Crippen LogP contribution < -0.4 is 10.1 Å². The Morgan fingerprint density at radius 3 is 2.68 bits per heavy atom. The Morgan fingerprint density at radius 1 is 1.36 bits per heavy atom. The number of aliphatic carboxylic acids is 1. The van der Waals surface area contributed by atoms with Crippen LogP contribution in [0.3, 0.4) is 0 Å². The number of hydrogen-bond donors (Lipinski definition) is 2. The molecule has 1 amide bonds. The summed E-state index contributed by atoms with van der Waals surface area (Å²) in [5.41, 5.74) is 0.823. The predicted octanol–water partition coefficient (Wildman–Crippen LogP) is 2.02. The second kappa shape index (κ2) is 7.26. The number of nitrogens with zero attached hydrogens (tertiary/aromatic N) is 1. The number of methoxy groups -OCH3 is 1. The van der Waals surface area contributed by atoms with Crippen molar-refractivity contribution >= 4 is 11.9 Å². The monoisotopic (exact) mass is 304 g/mol. The fourth-order valence-corrected chi connectivity index (χ4v) is 1.97. The summed E-state index contributed by atoms with van der Waals surface area (Å²) in [6, 6.07) is 10.1. The van der Waals surface area contributed by atoms with Gasteiger partial charge < -0.3 is 19.7 Å². The van der Waals surface area contributed by atoms with Crippen molar-refractivity contribution in [2.75, 3.05) is 7.11 Å². The van der Waals surface area contributed by atoms with Gasteiger partial charge in [0, 0.05) is 6.42 Å². The Labute approximate surface area is 126 Å². The van der Waals surface area contributed by atoms with Crippen LogP contribution in [-0.2, 0) is 4.79 Å². The molecule has 0 spiro atoms. The molecule has 2 rings (SSSR count). The molecule has 116 valence electrons. The van der Waals surface area contributed by atoms with E-state index in [0.29, 0.717) is 0 Å². The maximum absolute atomic E-state index is 12.2. The zero-order valence-electron chi connectivity index (χ0n) is 12.0. The number of benzene rings is 1. The van der Waals surface area contributed by atoms with Gasteiger partial charge in [-0.1, -0.05) is 30.3 Å². The topological polar surface area (TPSA) is 102 Å². The third kappa shape index (κ3) is 4.08. The highest BCUT2D eigenvalue weighted by molar-refractivity contribution is 5.91. The van der Waals surface area contributed by atoms with Crippen molar-refractivity contribution < 1.29 is 24.0 Å². The molecule has 0 saturated carbocycles. The summed E-state index contributed by atoms with van der Waals surface area (Å²) in [6.07, 6.45) is 0.218. The molecule has 0 aliphatic carbocycles. The van der Waals surface area contributed by atoms with Crippen LogP contribution in [0, 0.1) is 0 Å². The number of amides is 1. The zero-order valence-corrected chi connectivity index (χ0v) is 12.0. The second-order valence-corrected chi connectivity index (χ2v) is 4.60. The number of nitrogens with one attached hydrogen (secondary N) is 1. The van der Waals surface area contributed by atoms with E-state index in [0.717, 1.165) is 5.56 Å². The first-order chi connectivity index (χ1) is 10.6. The predicted molar refractivity (Wildman–Crippen MR) is 76.6 cm³/mol. The third-order valence-corrected chi connectivity index (χ3v) is 3.08. The van der Waals surface area contributed by atoms with E-state index in [1.54, 1.807) is 0 Å². The second-order valence-electron chi connectivity index (χ2n) is 4.60. The SMILES string of the molecule is COc1cc(C(=O)NC(CCC(=O)O)c2ccccc2)on1. The molecule has 22 heavy (non-hydrogen) atoms. The molecule has 0 bridgehead atoms. The van der Waals surface area contributed by atoms with Crippen LogP contribution in [0.25, 0.3) is 0 Å². The lowest BCUT2D eigenvalue weighted by atomic mass is 10.0. The van der Waals surface area contributed by atoms with E-state index in [9.17, 15) is 9.59 Å². The fraction of sp³-hybridized carbons (Fsp3) is 0.267. The number of ether oxygens (including phenoxy) is 1. The van der Waals surface area contributed by atoms with Crippen LogP contribution in [0.1, 0.15) is 35.0 Å². The van der Waals surface area contributed by atoms with Gasteiger partial charge in [-0.15, -0.1) is 0 Å². The van der Waals surface area contributed by atoms with E-state index < -0.39 is 17.9 Å². The van der Waals surface area contributed by atoms with Gasteiger partial charge in [-0.2, -0.15) is 0 Å². The normalized spacial score (nSPS) is 11.7. The summed E-state index contributed by atoms with van der Waals surface area (Å²) < 4.78 is 9.73. The fourth-order valence-electron chi connectivity index (χ4n) is 1.97. The third-order valence-electron chi connectivity index (χ3n) is 3.08. The first-order valence-corrected chi connectivity index (χ1v) is 6.68. The molecule has 1 atom stereocenters. The first kappa shape index (κ1) is 15.6. The lowest BCUT2D eigenvalue weighted by Gasteiger charge is -2.17.